The van der Waals surface area contributed by atoms with Gasteiger partial charge in [0.05, 0.1) is 12.6 Å². The van der Waals surface area contributed by atoms with E-state index in [2.05, 4.69) is 0 Å². The molecule has 2 saturated heterocycles. The monoisotopic (exact) mass is 396 g/mol. The van der Waals surface area contributed by atoms with Gasteiger partial charge in [0.1, 0.15) is 11.6 Å². The molecule has 3 amide bonds. The third-order valence-electron chi connectivity index (χ3n) is 5.08. The first kappa shape index (κ1) is 20.7. The van der Waals surface area contributed by atoms with E-state index in [9.17, 15) is 18.4 Å². The lowest BCUT2D eigenvalue weighted by Crippen LogP contribution is -2.52. The van der Waals surface area contributed by atoms with Crippen molar-refractivity contribution in [3.63, 3.8) is 0 Å². The van der Waals surface area contributed by atoms with Crippen LogP contribution in [0.15, 0.2) is 12.1 Å². The van der Waals surface area contributed by atoms with Gasteiger partial charge in [0.2, 0.25) is 5.91 Å². The predicted octanol–water partition coefficient (Wildman–Crippen LogP) is 3.01. The van der Waals surface area contributed by atoms with Crippen molar-refractivity contribution in [3.8, 4) is 0 Å². The smallest absolute Gasteiger partial charge is 0.327 e. The number of benzene rings is 1. The molecule has 2 fully saturated rings. The van der Waals surface area contributed by atoms with E-state index in [0.29, 0.717) is 31.8 Å². The number of amides is 3. The van der Waals surface area contributed by atoms with Gasteiger partial charge in [-0.2, -0.15) is 0 Å². The van der Waals surface area contributed by atoms with Crippen molar-refractivity contribution < 1.29 is 27.8 Å². The van der Waals surface area contributed by atoms with Gasteiger partial charge >= 0.3 is 6.03 Å². The molecule has 2 heterocycles. The van der Waals surface area contributed by atoms with Crippen molar-refractivity contribution in [2.24, 2.45) is 0 Å². The molecule has 0 N–H and O–H groups in total. The number of carbonyl (C=O) groups excluding carboxylic acids is 2. The van der Waals surface area contributed by atoms with Crippen LogP contribution in [0.5, 0.6) is 0 Å². The summed E-state index contributed by atoms with van der Waals surface area (Å²) in [5, 5.41) is 0. The number of rotatable bonds is 7. The zero-order chi connectivity index (χ0) is 20.1. The van der Waals surface area contributed by atoms with Gasteiger partial charge in [-0.3, -0.25) is 9.69 Å². The number of ether oxygens (including phenoxy) is 2. The second-order valence-electron chi connectivity index (χ2n) is 7.24. The Hall–Kier alpha value is -2.06. The van der Waals surface area contributed by atoms with E-state index >= 15 is 0 Å². The van der Waals surface area contributed by atoms with Gasteiger partial charge in [-0.25, -0.2) is 13.6 Å². The highest BCUT2D eigenvalue weighted by molar-refractivity contribution is 5.96. The van der Waals surface area contributed by atoms with Crippen molar-refractivity contribution in [2.75, 3.05) is 32.9 Å². The van der Waals surface area contributed by atoms with Gasteiger partial charge in [0.15, 0.2) is 0 Å². The quantitative estimate of drug-likeness (QED) is 0.665. The number of halogens is 2. The Labute approximate surface area is 163 Å². The van der Waals surface area contributed by atoms with Gasteiger partial charge < -0.3 is 14.4 Å². The van der Waals surface area contributed by atoms with Crippen LogP contribution in [0.1, 0.15) is 36.8 Å². The molecule has 0 atom stereocenters. The van der Waals surface area contributed by atoms with E-state index in [-0.39, 0.29) is 43.6 Å². The van der Waals surface area contributed by atoms with Crippen molar-refractivity contribution in [1.29, 1.82) is 0 Å². The summed E-state index contributed by atoms with van der Waals surface area (Å²) in [4.78, 5) is 27.3. The van der Waals surface area contributed by atoms with Crippen molar-refractivity contribution >= 4 is 11.9 Å². The highest BCUT2D eigenvalue weighted by Gasteiger charge is 2.32. The Morgan fingerprint density at radius 3 is 2.54 bits per heavy atom. The molecular formula is C20H26F2N2O4. The van der Waals surface area contributed by atoms with Gasteiger partial charge in [-0.05, 0) is 43.9 Å². The summed E-state index contributed by atoms with van der Waals surface area (Å²) in [6, 6.07) is 1.97. The molecule has 0 saturated carbocycles. The maximum atomic E-state index is 14.1. The summed E-state index contributed by atoms with van der Waals surface area (Å²) in [5.74, 6) is -1.63. The van der Waals surface area contributed by atoms with Crippen LogP contribution in [-0.4, -0.2) is 60.8 Å². The fourth-order valence-corrected chi connectivity index (χ4v) is 3.49. The SMILES string of the molecule is Cc1cc(F)c(CN2CCC(=O)N(CCCOC3CCOCC3)C2=O)c(F)c1. The van der Waals surface area contributed by atoms with Crippen molar-refractivity contribution in [2.45, 2.75) is 45.3 Å². The molecule has 1 aromatic carbocycles. The second-order valence-corrected chi connectivity index (χ2v) is 7.24. The van der Waals surface area contributed by atoms with Crippen LogP contribution in [0.4, 0.5) is 13.6 Å². The molecular weight excluding hydrogens is 370 g/mol. The minimum Gasteiger partial charge on any atom is -0.381 e. The van der Waals surface area contributed by atoms with Crippen LogP contribution in [0.25, 0.3) is 0 Å². The number of aryl methyl sites for hydroxylation is 1. The first-order valence-electron chi connectivity index (χ1n) is 9.69. The Balaban J connectivity index is 1.54. The lowest BCUT2D eigenvalue weighted by molar-refractivity contribution is -0.131. The van der Waals surface area contributed by atoms with Gasteiger partial charge in [0, 0.05) is 44.9 Å². The van der Waals surface area contributed by atoms with Crippen molar-refractivity contribution in [3.05, 3.63) is 34.9 Å². The Kier molecular flexibility index (Phi) is 6.96. The van der Waals surface area contributed by atoms with E-state index in [1.807, 2.05) is 0 Å². The number of hydrogen-bond donors (Lipinski definition) is 0. The zero-order valence-corrected chi connectivity index (χ0v) is 16.1. The lowest BCUT2D eigenvalue weighted by atomic mass is 10.1. The highest BCUT2D eigenvalue weighted by Crippen LogP contribution is 2.20. The fourth-order valence-electron chi connectivity index (χ4n) is 3.49. The van der Waals surface area contributed by atoms with Gasteiger partial charge in [0.25, 0.3) is 0 Å². The van der Waals surface area contributed by atoms with Crippen LogP contribution in [0.3, 0.4) is 0 Å². The number of urea groups is 1. The maximum Gasteiger partial charge on any atom is 0.327 e. The average Bonchev–Trinajstić information content (AvgIpc) is 2.66. The summed E-state index contributed by atoms with van der Waals surface area (Å²) in [7, 11) is 0. The Morgan fingerprint density at radius 2 is 1.86 bits per heavy atom. The molecule has 0 unspecified atom stereocenters. The molecule has 2 aliphatic rings. The number of carbonyl (C=O) groups is 2. The van der Waals surface area contributed by atoms with Crippen LogP contribution in [-0.2, 0) is 20.8 Å². The Morgan fingerprint density at radius 1 is 1.18 bits per heavy atom. The molecule has 0 bridgehead atoms. The summed E-state index contributed by atoms with van der Waals surface area (Å²) in [6.45, 7) is 3.62. The number of hydrogen-bond acceptors (Lipinski definition) is 4. The maximum absolute atomic E-state index is 14.1. The minimum atomic E-state index is -0.682. The van der Waals surface area contributed by atoms with Crippen LogP contribution < -0.4 is 0 Å². The molecule has 3 rings (SSSR count). The molecule has 154 valence electrons. The molecule has 8 heteroatoms. The summed E-state index contributed by atoms with van der Waals surface area (Å²) >= 11 is 0. The molecule has 0 radical (unpaired) electrons. The molecule has 2 aliphatic heterocycles. The molecule has 0 spiro atoms. The lowest BCUT2D eigenvalue weighted by Gasteiger charge is -2.34. The van der Waals surface area contributed by atoms with Crippen LogP contribution in [0, 0.1) is 18.6 Å². The first-order valence-corrected chi connectivity index (χ1v) is 9.69. The molecule has 0 aliphatic carbocycles. The number of nitrogens with zero attached hydrogens (tertiary/aromatic N) is 2. The predicted molar refractivity (Wildman–Crippen MR) is 97.6 cm³/mol. The van der Waals surface area contributed by atoms with Crippen LogP contribution in [0.2, 0.25) is 0 Å². The molecule has 0 aromatic heterocycles. The van der Waals surface area contributed by atoms with E-state index in [4.69, 9.17) is 9.47 Å². The largest absolute Gasteiger partial charge is 0.381 e. The standard InChI is InChI=1S/C20H26F2N2O4/c1-14-11-17(21)16(18(22)12-14)13-23-7-3-19(25)24(20(23)26)6-2-8-28-15-4-9-27-10-5-15/h11-12,15H,2-10,13H2,1H3. The second kappa shape index (κ2) is 9.43. The molecule has 28 heavy (non-hydrogen) atoms. The van der Waals surface area contributed by atoms with E-state index in [1.165, 1.54) is 17.0 Å². The molecule has 6 nitrogen and oxygen atoms in total. The number of imide groups is 1. The molecule has 1 aromatic rings. The van der Waals surface area contributed by atoms with E-state index in [0.717, 1.165) is 17.7 Å². The minimum absolute atomic E-state index is 0.141. The Bertz CT molecular complexity index is 699. The highest BCUT2D eigenvalue weighted by atomic mass is 19.1. The third kappa shape index (κ3) is 5.05. The topological polar surface area (TPSA) is 59.1 Å². The summed E-state index contributed by atoms with van der Waals surface area (Å²) in [5.41, 5.74) is 0.321. The summed E-state index contributed by atoms with van der Waals surface area (Å²) in [6.07, 6.45) is 2.52. The summed E-state index contributed by atoms with van der Waals surface area (Å²) < 4.78 is 39.3. The van der Waals surface area contributed by atoms with Crippen LogP contribution >= 0.6 is 0 Å². The van der Waals surface area contributed by atoms with Crippen molar-refractivity contribution in [1.82, 2.24) is 9.80 Å². The zero-order valence-electron chi connectivity index (χ0n) is 16.1. The van der Waals surface area contributed by atoms with E-state index < -0.39 is 17.7 Å². The average molecular weight is 396 g/mol. The third-order valence-corrected chi connectivity index (χ3v) is 5.08. The first-order chi connectivity index (χ1) is 13.5. The van der Waals surface area contributed by atoms with Gasteiger partial charge in [-0.15, -0.1) is 0 Å². The normalized spacial score (nSPS) is 18.8. The fraction of sp³-hybridized carbons (Fsp3) is 0.600. The van der Waals surface area contributed by atoms with E-state index in [1.54, 1.807) is 6.92 Å². The van der Waals surface area contributed by atoms with Gasteiger partial charge in [-0.1, -0.05) is 0 Å².